The first kappa shape index (κ1) is 19.6. The highest BCUT2D eigenvalue weighted by molar-refractivity contribution is 5.79. The third kappa shape index (κ3) is 4.97. The summed E-state index contributed by atoms with van der Waals surface area (Å²) < 4.78 is 1.97. The zero-order valence-corrected chi connectivity index (χ0v) is 16.8. The van der Waals surface area contributed by atoms with E-state index in [-0.39, 0.29) is 0 Å². The van der Waals surface area contributed by atoms with E-state index in [1.165, 1.54) is 11.1 Å². The van der Waals surface area contributed by atoms with Crippen LogP contribution in [0, 0.1) is 6.92 Å². The van der Waals surface area contributed by atoms with Gasteiger partial charge in [-0.2, -0.15) is 0 Å². The van der Waals surface area contributed by atoms with Crippen LogP contribution in [0.15, 0.2) is 65.7 Å². The van der Waals surface area contributed by atoms with Gasteiger partial charge in [0.2, 0.25) is 0 Å². The summed E-state index contributed by atoms with van der Waals surface area (Å²) in [5.74, 6) is 2.88. The second-order valence-corrected chi connectivity index (χ2v) is 6.74. The van der Waals surface area contributed by atoms with Gasteiger partial charge in [0.05, 0.1) is 6.54 Å². The molecule has 28 heavy (non-hydrogen) atoms. The third-order valence-electron chi connectivity index (χ3n) is 4.95. The minimum absolute atomic E-state index is 0.342. The summed E-state index contributed by atoms with van der Waals surface area (Å²) in [5.41, 5.74) is 2.65. The molecule has 0 unspecified atom stereocenters. The van der Waals surface area contributed by atoms with Crippen LogP contribution >= 0.6 is 0 Å². The number of aromatic nitrogens is 3. The number of aliphatic imine (C=N–C) groups is 1. The molecule has 0 amide bonds. The molecule has 0 aliphatic carbocycles. The van der Waals surface area contributed by atoms with Gasteiger partial charge in [0.25, 0.3) is 0 Å². The highest BCUT2D eigenvalue weighted by atomic mass is 15.3. The van der Waals surface area contributed by atoms with Crippen molar-refractivity contribution in [2.45, 2.75) is 25.8 Å². The van der Waals surface area contributed by atoms with E-state index in [9.17, 15) is 0 Å². The molecule has 6 heteroatoms. The Hall–Kier alpha value is -3.15. The molecule has 2 N–H and O–H groups in total. The lowest BCUT2D eigenvalue weighted by molar-refractivity contribution is 0.669. The van der Waals surface area contributed by atoms with Crippen LogP contribution < -0.4 is 10.6 Å². The van der Waals surface area contributed by atoms with Crippen molar-refractivity contribution in [3.8, 4) is 0 Å². The Labute approximate surface area is 166 Å². The maximum Gasteiger partial charge on any atom is 0.191 e. The van der Waals surface area contributed by atoms with Crippen molar-refractivity contribution in [3.63, 3.8) is 0 Å². The minimum atomic E-state index is 0.342. The Morgan fingerprint density at radius 1 is 0.964 bits per heavy atom. The lowest BCUT2D eigenvalue weighted by Crippen LogP contribution is -2.38. The highest BCUT2D eigenvalue weighted by Crippen LogP contribution is 2.27. The van der Waals surface area contributed by atoms with E-state index >= 15 is 0 Å². The van der Waals surface area contributed by atoms with E-state index in [1.807, 2.05) is 18.5 Å². The number of nitrogens with one attached hydrogen (secondary N) is 2. The second kappa shape index (κ2) is 9.69. The zero-order valence-electron chi connectivity index (χ0n) is 16.8. The van der Waals surface area contributed by atoms with E-state index in [2.05, 4.69) is 86.5 Å². The summed E-state index contributed by atoms with van der Waals surface area (Å²) in [6.45, 7) is 3.33. The van der Waals surface area contributed by atoms with Crippen molar-refractivity contribution in [1.82, 2.24) is 25.4 Å². The molecule has 146 valence electrons. The molecule has 0 bridgehead atoms. The van der Waals surface area contributed by atoms with Crippen LogP contribution in [0.4, 0.5) is 0 Å². The Morgan fingerprint density at radius 3 is 2.07 bits per heavy atom. The smallest absolute Gasteiger partial charge is 0.191 e. The number of rotatable bonds is 7. The average Bonchev–Trinajstić information content (AvgIpc) is 3.07. The first-order valence-electron chi connectivity index (χ1n) is 9.58. The number of nitrogens with zero attached hydrogens (tertiary/aromatic N) is 4. The summed E-state index contributed by atoms with van der Waals surface area (Å²) in [7, 11) is 3.75. The zero-order chi connectivity index (χ0) is 19.8. The topological polar surface area (TPSA) is 67.1 Å². The first-order valence-corrected chi connectivity index (χ1v) is 9.58. The quantitative estimate of drug-likeness (QED) is 0.491. The van der Waals surface area contributed by atoms with E-state index in [4.69, 9.17) is 0 Å². The SMILES string of the molecule is CN=C(NCCC(c1ccccc1)c1ccccc1)NCc1nnc(C)n1C. The second-order valence-electron chi connectivity index (χ2n) is 6.74. The molecule has 0 saturated carbocycles. The highest BCUT2D eigenvalue weighted by Gasteiger charge is 2.14. The Balaban J connectivity index is 1.59. The van der Waals surface area contributed by atoms with Gasteiger partial charge >= 0.3 is 0 Å². The van der Waals surface area contributed by atoms with Gasteiger partial charge in [0, 0.05) is 26.6 Å². The fraction of sp³-hybridized carbons (Fsp3) is 0.318. The van der Waals surface area contributed by atoms with Gasteiger partial charge in [-0.25, -0.2) is 0 Å². The number of aryl methyl sites for hydroxylation is 1. The fourth-order valence-electron chi connectivity index (χ4n) is 3.22. The van der Waals surface area contributed by atoms with Crippen molar-refractivity contribution in [1.29, 1.82) is 0 Å². The van der Waals surface area contributed by atoms with Crippen LogP contribution in [0.25, 0.3) is 0 Å². The van der Waals surface area contributed by atoms with Crippen LogP contribution in [0.3, 0.4) is 0 Å². The molecular formula is C22H28N6. The van der Waals surface area contributed by atoms with Crippen LogP contribution in [0.1, 0.15) is 35.1 Å². The molecule has 3 rings (SSSR count). The van der Waals surface area contributed by atoms with E-state index in [0.29, 0.717) is 12.5 Å². The van der Waals surface area contributed by atoms with Crippen molar-refractivity contribution < 1.29 is 0 Å². The molecule has 0 radical (unpaired) electrons. The predicted octanol–water partition coefficient (Wildman–Crippen LogP) is 3.01. The van der Waals surface area contributed by atoms with Crippen LogP contribution in [-0.2, 0) is 13.6 Å². The van der Waals surface area contributed by atoms with Crippen LogP contribution in [0.5, 0.6) is 0 Å². The maximum absolute atomic E-state index is 4.32. The minimum Gasteiger partial charge on any atom is -0.356 e. The number of benzene rings is 2. The molecule has 1 aromatic heterocycles. The van der Waals surface area contributed by atoms with Crippen LogP contribution in [-0.4, -0.2) is 34.3 Å². The van der Waals surface area contributed by atoms with E-state index < -0.39 is 0 Å². The summed E-state index contributed by atoms with van der Waals surface area (Å²) in [5, 5.41) is 15.0. The molecule has 0 atom stereocenters. The summed E-state index contributed by atoms with van der Waals surface area (Å²) in [4.78, 5) is 4.32. The summed E-state index contributed by atoms with van der Waals surface area (Å²) >= 11 is 0. The van der Waals surface area contributed by atoms with Gasteiger partial charge in [-0.3, -0.25) is 4.99 Å². The summed E-state index contributed by atoms with van der Waals surface area (Å²) in [6.07, 6.45) is 0.970. The fourth-order valence-corrected chi connectivity index (χ4v) is 3.22. The van der Waals surface area contributed by atoms with Crippen molar-refractivity contribution in [2.24, 2.45) is 12.0 Å². The normalized spacial score (nSPS) is 11.6. The van der Waals surface area contributed by atoms with Gasteiger partial charge in [0.1, 0.15) is 5.82 Å². The maximum atomic E-state index is 4.32. The monoisotopic (exact) mass is 376 g/mol. The molecule has 0 fully saturated rings. The molecule has 2 aromatic carbocycles. The Bertz CT molecular complexity index is 846. The lowest BCUT2D eigenvalue weighted by Gasteiger charge is -2.19. The van der Waals surface area contributed by atoms with Gasteiger partial charge in [0.15, 0.2) is 11.8 Å². The predicted molar refractivity (Wildman–Crippen MR) is 113 cm³/mol. The van der Waals surface area contributed by atoms with Gasteiger partial charge in [-0.15, -0.1) is 10.2 Å². The molecule has 0 aliphatic rings. The molecule has 6 nitrogen and oxygen atoms in total. The first-order chi connectivity index (χ1) is 13.7. The molecule has 3 aromatic rings. The molecule has 0 saturated heterocycles. The van der Waals surface area contributed by atoms with Crippen LogP contribution in [0.2, 0.25) is 0 Å². The van der Waals surface area contributed by atoms with Gasteiger partial charge in [-0.05, 0) is 24.5 Å². The standard InChI is InChI=1S/C22H28N6/c1-17-26-27-21(28(17)3)16-25-22(23-2)24-15-14-20(18-10-6-4-7-11-18)19-12-8-5-9-13-19/h4-13,20H,14-16H2,1-3H3,(H2,23,24,25). The number of hydrogen-bond acceptors (Lipinski definition) is 3. The Morgan fingerprint density at radius 2 is 1.57 bits per heavy atom. The van der Waals surface area contributed by atoms with Gasteiger partial charge < -0.3 is 15.2 Å². The number of hydrogen-bond donors (Lipinski definition) is 2. The molecular weight excluding hydrogens is 348 g/mol. The van der Waals surface area contributed by atoms with E-state index in [0.717, 1.165) is 30.6 Å². The largest absolute Gasteiger partial charge is 0.356 e. The summed E-state index contributed by atoms with van der Waals surface area (Å²) in [6, 6.07) is 21.3. The van der Waals surface area contributed by atoms with Crippen molar-refractivity contribution in [2.75, 3.05) is 13.6 Å². The average molecular weight is 377 g/mol. The third-order valence-corrected chi connectivity index (χ3v) is 4.95. The molecule has 1 heterocycles. The van der Waals surface area contributed by atoms with Crippen molar-refractivity contribution in [3.05, 3.63) is 83.4 Å². The van der Waals surface area contributed by atoms with E-state index in [1.54, 1.807) is 7.05 Å². The molecule has 0 spiro atoms. The number of guanidine groups is 1. The van der Waals surface area contributed by atoms with Crippen molar-refractivity contribution >= 4 is 5.96 Å². The Kier molecular flexibility index (Phi) is 6.78. The molecule has 0 aliphatic heterocycles. The lowest BCUT2D eigenvalue weighted by atomic mass is 9.88. The van der Waals surface area contributed by atoms with Gasteiger partial charge in [-0.1, -0.05) is 60.7 Å².